The first kappa shape index (κ1) is 14.3. The van der Waals surface area contributed by atoms with E-state index < -0.39 is 0 Å². The first-order valence-electron chi connectivity index (χ1n) is 5.90. The van der Waals surface area contributed by atoms with Gasteiger partial charge in [0.05, 0.1) is 5.56 Å². The third-order valence-corrected chi connectivity index (χ3v) is 2.41. The standard InChI is InChI=1S/C14H19NO3/c1-3-8-18-13-7-5-4-6-12(13)14(17)15-9-11(2)10-16/h3-7,11,16H,1,8-10H2,2H3,(H,15,17). The van der Waals surface area contributed by atoms with Gasteiger partial charge in [-0.3, -0.25) is 4.79 Å². The molecule has 0 saturated carbocycles. The average Bonchev–Trinajstić information content (AvgIpc) is 2.42. The van der Waals surface area contributed by atoms with E-state index in [2.05, 4.69) is 11.9 Å². The van der Waals surface area contributed by atoms with Crippen LogP contribution < -0.4 is 10.1 Å². The SMILES string of the molecule is C=CCOc1ccccc1C(=O)NCC(C)CO. The number of carbonyl (C=O) groups is 1. The molecule has 1 aromatic carbocycles. The Balaban J connectivity index is 2.69. The Morgan fingerprint density at radius 1 is 1.56 bits per heavy atom. The van der Waals surface area contributed by atoms with Crippen LogP contribution in [0.3, 0.4) is 0 Å². The number of hydrogen-bond donors (Lipinski definition) is 2. The lowest BCUT2D eigenvalue weighted by Crippen LogP contribution is -2.29. The van der Waals surface area contributed by atoms with Gasteiger partial charge in [0, 0.05) is 13.2 Å². The zero-order valence-corrected chi connectivity index (χ0v) is 10.6. The summed E-state index contributed by atoms with van der Waals surface area (Å²) in [5.41, 5.74) is 0.490. The fourth-order valence-corrected chi connectivity index (χ4v) is 1.36. The number of rotatable bonds is 7. The average molecular weight is 249 g/mol. The molecule has 1 amide bonds. The van der Waals surface area contributed by atoms with Crippen molar-refractivity contribution in [2.75, 3.05) is 19.8 Å². The quantitative estimate of drug-likeness (QED) is 0.722. The molecule has 0 spiro atoms. The number of carbonyl (C=O) groups excluding carboxylic acids is 1. The van der Waals surface area contributed by atoms with E-state index >= 15 is 0 Å². The van der Waals surface area contributed by atoms with Gasteiger partial charge in [-0.1, -0.05) is 31.7 Å². The van der Waals surface area contributed by atoms with Gasteiger partial charge in [-0.2, -0.15) is 0 Å². The second-order valence-electron chi connectivity index (χ2n) is 4.09. The lowest BCUT2D eigenvalue weighted by atomic mass is 10.1. The summed E-state index contributed by atoms with van der Waals surface area (Å²) < 4.78 is 5.41. The molecular formula is C14H19NO3. The summed E-state index contributed by atoms with van der Waals surface area (Å²) in [6, 6.07) is 7.04. The van der Waals surface area contributed by atoms with E-state index in [0.29, 0.717) is 24.5 Å². The topological polar surface area (TPSA) is 58.6 Å². The molecule has 1 aromatic rings. The highest BCUT2D eigenvalue weighted by Gasteiger charge is 2.12. The van der Waals surface area contributed by atoms with Gasteiger partial charge in [-0.15, -0.1) is 0 Å². The lowest BCUT2D eigenvalue weighted by molar-refractivity contribution is 0.0939. The Hall–Kier alpha value is -1.81. The minimum atomic E-state index is -0.199. The Morgan fingerprint density at radius 2 is 2.28 bits per heavy atom. The molecule has 0 saturated heterocycles. The van der Waals surface area contributed by atoms with Crippen LogP contribution >= 0.6 is 0 Å². The van der Waals surface area contributed by atoms with Crippen molar-refractivity contribution in [1.82, 2.24) is 5.32 Å². The molecular weight excluding hydrogens is 230 g/mol. The van der Waals surface area contributed by atoms with Crippen LogP contribution in [-0.2, 0) is 0 Å². The van der Waals surface area contributed by atoms with E-state index in [9.17, 15) is 4.79 Å². The van der Waals surface area contributed by atoms with E-state index in [4.69, 9.17) is 9.84 Å². The number of amides is 1. The maximum absolute atomic E-state index is 12.0. The molecule has 1 rings (SSSR count). The van der Waals surface area contributed by atoms with Crippen molar-refractivity contribution in [2.45, 2.75) is 6.92 Å². The van der Waals surface area contributed by atoms with Crippen LogP contribution in [-0.4, -0.2) is 30.8 Å². The second-order valence-corrected chi connectivity index (χ2v) is 4.09. The van der Waals surface area contributed by atoms with Gasteiger partial charge in [0.15, 0.2) is 0 Å². The van der Waals surface area contributed by atoms with Crippen LogP contribution in [0, 0.1) is 5.92 Å². The van der Waals surface area contributed by atoms with Crippen LogP contribution in [0.25, 0.3) is 0 Å². The molecule has 4 nitrogen and oxygen atoms in total. The number of benzene rings is 1. The summed E-state index contributed by atoms with van der Waals surface area (Å²) in [6.07, 6.45) is 1.63. The van der Waals surface area contributed by atoms with Crippen molar-refractivity contribution in [3.05, 3.63) is 42.5 Å². The van der Waals surface area contributed by atoms with Crippen LogP contribution in [0.5, 0.6) is 5.75 Å². The van der Waals surface area contributed by atoms with Crippen LogP contribution in [0.15, 0.2) is 36.9 Å². The predicted octanol–water partition coefficient (Wildman–Crippen LogP) is 1.61. The molecule has 4 heteroatoms. The Bertz CT molecular complexity index is 404. The van der Waals surface area contributed by atoms with E-state index in [0.717, 1.165) is 0 Å². The predicted molar refractivity (Wildman–Crippen MR) is 70.7 cm³/mol. The Kier molecular flexibility index (Phi) is 5.94. The first-order chi connectivity index (χ1) is 8.69. The van der Waals surface area contributed by atoms with E-state index in [1.54, 1.807) is 24.3 Å². The zero-order valence-electron chi connectivity index (χ0n) is 10.6. The molecule has 0 fully saturated rings. The van der Waals surface area contributed by atoms with Crippen LogP contribution in [0.4, 0.5) is 0 Å². The molecule has 1 unspecified atom stereocenters. The number of hydrogen-bond acceptors (Lipinski definition) is 3. The molecule has 0 aliphatic heterocycles. The van der Waals surface area contributed by atoms with Crippen molar-refractivity contribution < 1.29 is 14.6 Å². The molecule has 0 bridgehead atoms. The molecule has 0 radical (unpaired) electrons. The third-order valence-electron chi connectivity index (χ3n) is 2.41. The molecule has 98 valence electrons. The van der Waals surface area contributed by atoms with Crippen molar-refractivity contribution in [1.29, 1.82) is 0 Å². The maximum Gasteiger partial charge on any atom is 0.255 e. The van der Waals surface area contributed by atoms with Crippen LogP contribution in [0.1, 0.15) is 17.3 Å². The first-order valence-corrected chi connectivity index (χ1v) is 5.90. The fourth-order valence-electron chi connectivity index (χ4n) is 1.36. The number of aliphatic hydroxyl groups is 1. The van der Waals surface area contributed by atoms with E-state index in [1.165, 1.54) is 0 Å². The van der Waals surface area contributed by atoms with E-state index in [-0.39, 0.29) is 18.4 Å². The van der Waals surface area contributed by atoms with Gasteiger partial charge < -0.3 is 15.2 Å². The monoisotopic (exact) mass is 249 g/mol. The number of ether oxygens (including phenoxy) is 1. The minimum Gasteiger partial charge on any atom is -0.489 e. The molecule has 0 aliphatic rings. The highest BCUT2D eigenvalue weighted by Crippen LogP contribution is 2.17. The Labute approximate surface area is 107 Å². The second kappa shape index (κ2) is 7.50. The fraction of sp³-hybridized carbons (Fsp3) is 0.357. The van der Waals surface area contributed by atoms with E-state index in [1.807, 2.05) is 13.0 Å². The Morgan fingerprint density at radius 3 is 2.94 bits per heavy atom. The van der Waals surface area contributed by atoms with Gasteiger partial charge in [0.1, 0.15) is 12.4 Å². The minimum absolute atomic E-state index is 0.0372. The van der Waals surface area contributed by atoms with Gasteiger partial charge >= 0.3 is 0 Å². The van der Waals surface area contributed by atoms with Crippen molar-refractivity contribution in [3.8, 4) is 5.75 Å². The molecule has 1 atom stereocenters. The van der Waals surface area contributed by atoms with Crippen molar-refractivity contribution in [2.24, 2.45) is 5.92 Å². The van der Waals surface area contributed by atoms with Gasteiger partial charge in [-0.25, -0.2) is 0 Å². The molecule has 0 aliphatic carbocycles. The number of para-hydroxylation sites is 1. The summed E-state index contributed by atoms with van der Waals surface area (Å²) in [5, 5.41) is 11.7. The zero-order chi connectivity index (χ0) is 13.4. The molecule has 2 N–H and O–H groups in total. The number of nitrogens with one attached hydrogen (secondary N) is 1. The summed E-state index contributed by atoms with van der Waals surface area (Å²) in [4.78, 5) is 12.0. The molecule has 0 heterocycles. The largest absolute Gasteiger partial charge is 0.489 e. The summed E-state index contributed by atoms with van der Waals surface area (Å²) in [6.45, 7) is 6.27. The highest BCUT2D eigenvalue weighted by molar-refractivity contribution is 5.96. The smallest absolute Gasteiger partial charge is 0.255 e. The molecule has 18 heavy (non-hydrogen) atoms. The van der Waals surface area contributed by atoms with Gasteiger partial charge in [-0.05, 0) is 18.1 Å². The summed E-state index contributed by atoms with van der Waals surface area (Å²) in [7, 11) is 0. The number of aliphatic hydroxyl groups excluding tert-OH is 1. The summed E-state index contributed by atoms with van der Waals surface area (Å²) >= 11 is 0. The third kappa shape index (κ3) is 4.22. The van der Waals surface area contributed by atoms with Crippen molar-refractivity contribution in [3.63, 3.8) is 0 Å². The molecule has 0 aromatic heterocycles. The normalized spacial score (nSPS) is 11.7. The highest BCUT2D eigenvalue weighted by atomic mass is 16.5. The van der Waals surface area contributed by atoms with Crippen molar-refractivity contribution >= 4 is 5.91 Å². The summed E-state index contributed by atoms with van der Waals surface area (Å²) in [5.74, 6) is 0.372. The van der Waals surface area contributed by atoms with Crippen LogP contribution in [0.2, 0.25) is 0 Å². The van der Waals surface area contributed by atoms with Gasteiger partial charge in [0.25, 0.3) is 5.91 Å². The van der Waals surface area contributed by atoms with Gasteiger partial charge in [0.2, 0.25) is 0 Å². The lowest BCUT2D eigenvalue weighted by Gasteiger charge is -2.12. The maximum atomic E-state index is 12.0.